The number of nitrogens with one attached hydrogen (secondary N) is 2. The number of rotatable bonds is 16. The maximum atomic E-state index is 15.4. The lowest BCUT2D eigenvalue weighted by Crippen LogP contribution is -2.34. The lowest BCUT2D eigenvalue weighted by Gasteiger charge is -2.29. The van der Waals surface area contributed by atoms with Gasteiger partial charge in [-0.05, 0) is 84.3 Å². The number of fused-ring (bicyclic) bond motifs is 7. The van der Waals surface area contributed by atoms with Crippen LogP contribution in [0, 0.1) is 11.8 Å². The zero-order valence-electron chi connectivity index (χ0n) is 36.1. The first kappa shape index (κ1) is 40.4. The zero-order valence-corrected chi connectivity index (χ0v) is 37.8. The number of amides is 2. The number of carbonyl (C=O) groups is 2. The van der Waals surface area contributed by atoms with Crippen LogP contribution in [-0.2, 0) is 9.59 Å². The van der Waals surface area contributed by atoms with Crippen molar-refractivity contribution in [2.75, 3.05) is 13.1 Å². The Hall–Kier alpha value is -5.70. The number of hydrogen-bond acceptors (Lipinski definition) is 4. The molecule has 0 fully saturated rings. The Morgan fingerprint density at radius 1 is 0.484 bits per heavy atom. The molecule has 2 N–H and O–H groups in total. The molecule has 0 saturated carbocycles. The van der Waals surface area contributed by atoms with E-state index in [-0.39, 0.29) is 11.8 Å². The van der Waals surface area contributed by atoms with E-state index in [1.165, 1.54) is 21.5 Å². The van der Waals surface area contributed by atoms with Gasteiger partial charge in [-0.2, -0.15) is 0 Å². The molecule has 0 radical (unpaired) electrons. The Morgan fingerprint density at radius 2 is 0.887 bits per heavy atom. The number of hydrogen-bond donors (Lipinski definition) is 2. The van der Waals surface area contributed by atoms with Crippen molar-refractivity contribution in [1.82, 2.24) is 19.8 Å². The Balaban J connectivity index is 1.10. The van der Waals surface area contributed by atoms with E-state index in [9.17, 15) is 0 Å². The molecule has 10 rings (SSSR count). The fourth-order valence-electron chi connectivity index (χ4n) is 9.86. The average Bonchev–Trinajstić information content (AvgIpc) is 4.16. The average molecular weight is 855 g/mol. The molecule has 2 atom stereocenters. The van der Waals surface area contributed by atoms with Crippen LogP contribution in [0.2, 0.25) is 0 Å². The quantitative estimate of drug-likeness (QED) is 0.102. The number of aromatic nitrogens is 2. The van der Waals surface area contributed by atoms with Gasteiger partial charge in [-0.3, -0.25) is 9.59 Å². The summed E-state index contributed by atoms with van der Waals surface area (Å²) in [6.45, 7) is 10.1. The van der Waals surface area contributed by atoms with Crippen molar-refractivity contribution >= 4 is 89.5 Å². The van der Waals surface area contributed by atoms with Gasteiger partial charge in [0.05, 0.1) is 32.3 Å². The third kappa shape index (κ3) is 7.01. The molecule has 2 aliphatic rings. The summed E-state index contributed by atoms with van der Waals surface area (Å²) in [6, 6.07) is 38.8. The van der Waals surface area contributed by atoms with Crippen molar-refractivity contribution in [1.29, 1.82) is 0 Å². The molecular weight excluding hydrogens is 801 g/mol. The maximum absolute atomic E-state index is 15.4. The minimum atomic E-state index is -0.0405. The van der Waals surface area contributed by atoms with Gasteiger partial charge in [-0.25, -0.2) is 0 Å². The molecule has 2 amide bonds. The summed E-state index contributed by atoms with van der Waals surface area (Å²) < 4.78 is 0. The van der Waals surface area contributed by atoms with Crippen LogP contribution in [0.5, 0.6) is 0 Å². The number of carbonyl (C=O) groups excluding carboxylic acids is 2. The second kappa shape index (κ2) is 16.9. The minimum Gasteiger partial charge on any atom is -0.354 e. The fourth-order valence-corrected chi connectivity index (χ4v) is 12.0. The second-order valence-corrected chi connectivity index (χ2v) is 19.5. The van der Waals surface area contributed by atoms with E-state index in [0.29, 0.717) is 36.1 Å². The Bertz CT molecular complexity index is 2860. The highest BCUT2D eigenvalue weighted by molar-refractivity contribution is 7.17. The van der Waals surface area contributed by atoms with Crippen LogP contribution in [-0.4, -0.2) is 44.7 Å². The maximum Gasteiger partial charge on any atom is 0.261 e. The largest absolute Gasteiger partial charge is 0.354 e. The summed E-state index contributed by atoms with van der Waals surface area (Å²) >= 11 is 3.36. The third-order valence-corrected chi connectivity index (χ3v) is 15.7. The first-order valence-electron chi connectivity index (χ1n) is 22.7. The van der Waals surface area contributed by atoms with Crippen LogP contribution < -0.4 is 0 Å². The van der Waals surface area contributed by atoms with Crippen LogP contribution >= 0.6 is 22.7 Å². The molecule has 8 aromatic rings. The van der Waals surface area contributed by atoms with E-state index in [2.05, 4.69) is 147 Å². The fraction of sp³-hybridized carbons (Fsp3) is 0.296. The molecular formula is C54H54N4O2S2. The van der Waals surface area contributed by atoms with Crippen molar-refractivity contribution in [3.05, 3.63) is 130 Å². The molecule has 314 valence electrons. The smallest absolute Gasteiger partial charge is 0.261 e. The number of benzene rings is 4. The van der Waals surface area contributed by atoms with Crippen LogP contribution in [0.1, 0.15) is 88.8 Å². The number of unbranched alkanes of at least 4 members (excludes halogenated alkanes) is 2. The van der Waals surface area contributed by atoms with Gasteiger partial charge in [0.2, 0.25) is 0 Å². The van der Waals surface area contributed by atoms with E-state index < -0.39 is 0 Å². The van der Waals surface area contributed by atoms with E-state index in [1.54, 1.807) is 22.7 Å². The molecule has 4 aromatic heterocycles. The molecule has 62 heavy (non-hydrogen) atoms. The highest BCUT2D eigenvalue weighted by Gasteiger charge is 2.50. The summed E-state index contributed by atoms with van der Waals surface area (Å²) in [5, 5.41) is 4.84. The van der Waals surface area contributed by atoms with Crippen LogP contribution in [0.4, 0.5) is 0 Å². The topological polar surface area (TPSA) is 72.2 Å². The third-order valence-electron chi connectivity index (χ3n) is 13.4. The Morgan fingerprint density at radius 3 is 1.31 bits per heavy atom. The molecule has 0 saturated heterocycles. The van der Waals surface area contributed by atoms with Gasteiger partial charge in [-0.15, -0.1) is 22.7 Å². The molecule has 4 aromatic carbocycles. The number of para-hydroxylation sites is 2. The molecule has 0 bridgehead atoms. The lowest BCUT2D eigenvalue weighted by molar-refractivity contribution is -0.124. The van der Waals surface area contributed by atoms with Gasteiger partial charge in [-0.1, -0.05) is 127 Å². The zero-order chi connectivity index (χ0) is 42.5. The first-order chi connectivity index (χ1) is 30.4. The van der Waals surface area contributed by atoms with Crippen LogP contribution in [0.25, 0.3) is 75.9 Å². The SMILES string of the molecule is CCCCC(CC)CN1C(=O)C2=C(c3ccc(-c4ccc5c(c4)[nH]c4ccccc45)s3)N(CC(CC)CCCC)C(=O)C2=C1c1ccc(-c2ccc3c(c2)[nH]c2ccccc23)s1. The van der Waals surface area contributed by atoms with Crippen molar-refractivity contribution in [2.24, 2.45) is 11.8 Å². The number of aromatic amines is 2. The molecule has 6 nitrogen and oxygen atoms in total. The predicted molar refractivity (Wildman–Crippen MR) is 262 cm³/mol. The van der Waals surface area contributed by atoms with Crippen molar-refractivity contribution in [3.63, 3.8) is 0 Å². The Labute approximate surface area is 372 Å². The normalized spacial score (nSPS) is 15.5. The van der Waals surface area contributed by atoms with Crippen molar-refractivity contribution in [2.45, 2.75) is 79.1 Å². The number of H-pyrrole nitrogens is 2. The highest BCUT2D eigenvalue weighted by Crippen LogP contribution is 2.51. The molecule has 2 unspecified atom stereocenters. The van der Waals surface area contributed by atoms with Gasteiger partial charge >= 0.3 is 0 Å². The summed E-state index contributed by atoms with van der Waals surface area (Å²) in [4.78, 5) is 46.1. The molecule has 0 aliphatic carbocycles. The molecule has 0 spiro atoms. The van der Waals surface area contributed by atoms with Crippen molar-refractivity contribution < 1.29 is 9.59 Å². The number of nitrogens with zero attached hydrogens (tertiary/aromatic N) is 2. The van der Waals surface area contributed by atoms with E-state index in [0.717, 1.165) is 115 Å². The van der Waals surface area contributed by atoms with Gasteiger partial charge in [0.15, 0.2) is 0 Å². The predicted octanol–water partition coefficient (Wildman–Crippen LogP) is 14.7. The van der Waals surface area contributed by atoms with E-state index in [4.69, 9.17) is 0 Å². The first-order valence-corrected chi connectivity index (χ1v) is 24.4. The highest BCUT2D eigenvalue weighted by atomic mass is 32.1. The summed E-state index contributed by atoms with van der Waals surface area (Å²) in [5.41, 5.74) is 9.41. The summed E-state index contributed by atoms with van der Waals surface area (Å²) in [6.07, 6.45) is 8.51. The monoisotopic (exact) mass is 854 g/mol. The van der Waals surface area contributed by atoms with Gasteiger partial charge < -0.3 is 19.8 Å². The molecule has 8 heteroatoms. The minimum absolute atomic E-state index is 0.0405. The van der Waals surface area contributed by atoms with Crippen LogP contribution in [0.3, 0.4) is 0 Å². The molecule has 6 heterocycles. The van der Waals surface area contributed by atoms with Crippen LogP contribution in [0.15, 0.2) is 120 Å². The van der Waals surface area contributed by atoms with E-state index in [1.807, 2.05) is 9.80 Å². The summed E-state index contributed by atoms with van der Waals surface area (Å²) in [5.74, 6) is 0.584. The lowest BCUT2D eigenvalue weighted by atomic mass is 9.98. The van der Waals surface area contributed by atoms with E-state index >= 15 is 9.59 Å². The summed E-state index contributed by atoms with van der Waals surface area (Å²) in [7, 11) is 0. The number of thiophene rings is 2. The van der Waals surface area contributed by atoms with Gasteiger partial charge in [0, 0.05) is 66.5 Å². The second-order valence-electron chi connectivity index (χ2n) is 17.3. The van der Waals surface area contributed by atoms with Crippen molar-refractivity contribution in [3.8, 4) is 20.9 Å². The molecule has 2 aliphatic heterocycles. The Kier molecular flexibility index (Phi) is 11.0. The van der Waals surface area contributed by atoms with Gasteiger partial charge in [0.1, 0.15) is 0 Å². The standard InChI is InChI=1S/C54H54N4O2S2/c1-5-9-15-33(7-3)31-57-51(47-27-25-45(61-47)35-21-23-39-37-17-11-13-19-41(37)55-43(39)29-35)49-50(53(57)59)52(58(54(49)60)32-34(8-4)16-10-6-2)48-28-26-46(62-48)36-22-24-40-38-18-12-14-20-42(38)56-44(40)30-36/h11-14,17-30,33-34,55-56H,5-10,15-16,31-32H2,1-4H3. The van der Waals surface area contributed by atoms with Gasteiger partial charge in [0.25, 0.3) is 11.8 Å².